The van der Waals surface area contributed by atoms with E-state index < -0.39 is 0 Å². The van der Waals surface area contributed by atoms with Crippen LogP contribution in [0.25, 0.3) is 0 Å². The number of hydrogen-bond acceptors (Lipinski definition) is 4. The lowest BCUT2D eigenvalue weighted by Gasteiger charge is -2.26. The third-order valence-corrected chi connectivity index (χ3v) is 2.64. The molecule has 0 aromatic heterocycles. The first kappa shape index (κ1) is 11.5. The van der Waals surface area contributed by atoms with Crippen molar-refractivity contribution in [2.24, 2.45) is 11.7 Å². The fourth-order valence-electron chi connectivity index (χ4n) is 1.80. The van der Waals surface area contributed by atoms with Gasteiger partial charge in [0.15, 0.2) is 0 Å². The molecule has 2 atom stereocenters. The maximum Gasteiger partial charge on any atom is 0.305 e. The lowest BCUT2D eigenvalue weighted by Crippen LogP contribution is -2.32. The normalized spacial score (nSPS) is 27.3. The fraction of sp³-hybridized carbons (Fsp3) is 0.900. The van der Waals surface area contributed by atoms with Crippen LogP contribution in [-0.2, 0) is 14.3 Å². The first-order chi connectivity index (χ1) is 6.72. The highest BCUT2D eigenvalue weighted by Crippen LogP contribution is 2.22. The standard InChI is InChI=1S/C10H19NO3/c1-13-10(12)4-2-3-8-5-6-14-9(11)7-8/h8-9H,2-7,11H2,1H3. The zero-order chi connectivity index (χ0) is 10.4. The van der Waals surface area contributed by atoms with E-state index in [0.29, 0.717) is 12.3 Å². The van der Waals surface area contributed by atoms with Crippen molar-refractivity contribution in [3.63, 3.8) is 0 Å². The molecular formula is C10H19NO3. The van der Waals surface area contributed by atoms with Gasteiger partial charge in [0.2, 0.25) is 0 Å². The largest absolute Gasteiger partial charge is 0.469 e. The summed E-state index contributed by atoms with van der Waals surface area (Å²) in [5.74, 6) is 0.491. The number of carbonyl (C=O) groups is 1. The van der Waals surface area contributed by atoms with Gasteiger partial charge in [0.05, 0.1) is 7.11 Å². The number of esters is 1. The molecule has 0 radical (unpaired) electrons. The molecule has 0 amide bonds. The summed E-state index contributed by atoms with van der Waals surface area (Å²) in [5.41, 5.74) is 5.67. The predicted octanol–water partition coefficient (Wildman–Crippen LogP) is 1.04. The van der Waals surface area contributed by atoms with E-state index in [1.807, 2.05) is 0 Å². The Hall–Kier alpha value is -0.610. The molecule has 1 heterocycles. The topological polar surface area (TPSA) is 61.5 Å². The van der Waals surface area contributed by atoms with Gasteiger partial charge in [0, 0.05) is 13.0 Å². The van der Waals surface area contributed by atoms with Crippen molar-refractivity contribution in [1.29, 1.82) is 0 Å². The Morgan fingerprint density at radius 3 is 3.07 bits per heavy atom. The molecule has 1 saturated heterocycles. The monoisotopic (exact) mass is 201 g/mol. The van der Waals surface area contributed by atoms with Gasteiger partial charge in [-0.05, 0) is 31.6 Å². The summed E-state index contributed by atoms with van der Waals surface area (Å²) in [6, 6.07) is 0. The molecular weight excluding hydrogens is 182 g/mol. The van der Waals surface area contributed by atoms with Crippen molar-refractivity contribution in [2.75, 3.05) is 13.7 Å². The number of carbonyl (C=O) groups excluding carboxylic acids is 1. The Bertz CT molecular complexity index is 184. The number of methoxy groups -OCH3 is 1. The maximum absolute atomic E-state index is 10.8. The molecule has 2 unspecified atom stereocenters. The number of hydrogen-bond donors (Lipinski definition) is 1. The molecule has 0 saturated carbocycles. The summed E-state index contributed by atoms with van der Waals surface area (Å²) >= 11 is 0. The highest BCUT2D eigenvalue weighted by atomic mass is 16.5. The number of nitrogens with two attached hydrogens (primary N) is 1. The molecule has 0 spiro atoms. The van der Waals surface area contributed by atoms with Crippen LogP contribution in [0.1, 0.15) is 32.1 Å². The van der Waals surface area contributed by atoms with E-state index in [2.05, 4.69) is 4.74 Å². The minimum atomic E-state index is -0.124. The van der Waals surface area contributed by atoms with Crippen molar-refractivity contribution < 1.29 is 14.3 Å². The molecule has 2 N–H and O–H groups in total. The fourth-order valence-corrected chi connectivity index (χ4v) is 1.80. The average molecular weight is 201 g/mol. The lowest BCUT2D eigenvalue weighted by molar-refractivity contribution is -0.140. The van der Waals surface area contributed by atoms with Crippen LogP contribution in [0.5, 0.6) is 0 Å². The van der Waals surface area contributed by atoms with E-state index in [4.69, 9.17) is 10.5 Å². The molecule has 0 aromatic carbocycles. The van der Waals surface area contributed by atoms with Crippen LogP contribution in [0.3, 0.4) is 0 Å². The molecule has 1 fully saturated rings. The summed E-state index contributed by atoms with van der Waals surface area (Å²) in [7, 11) is 1.42. The van der Waals surface area contributed by atoms with E-state index in [1.165, 1.54) is 7.11 Å². The van der Waals surface area contributed by atoms with Crippen molar-refractivity contribution in [1.82, 2.24) is 0 Å². The second-order valence-electron chi connectivity index (χ2n) is 3.77. The van der Waals surface area contributed by atoms with Crippen LogP contribution < -0.4 is 5.73 Å². The molecule has 0 aliphatic carbocycles. The molecule has 1 aliphatic rings. The summed E-state index contributed by atoms with van der Waals surface area (Å²) in [4.78, 5) is 10.8. The summed E-state index contributed by atoms with van der Waals surface area (Å²) < 4.78 is 9.82. The highest BCUT2D eigenvalue weighted by Gasteiger charge is 2.19. The van der Waals surface area contributed by atoms with E-state index in [9.17, 15) is 4.79 Å². The van der Waals surface area contributed by atoms with E-state index >= 15 is 0 Å². The second-order valence-corrected chi connectivity index (χ2v) is 3.77. The van der Waals surface area contributed by atoms with Gasteiger partial charge >= 0.3 is 5.97 Å². The van der Waals surface area contributed by atoms with Gasteiger partial charge in [0.1, 0.15) is 6.23 Å². The quantitative estimate of drug-likeness (QED) is 0.690. The van der Waals surface area contributed by atoms with Crippen molar-refractivity contribution >= 4 is 5.97 Å². The molecule has 14 heavy (non-hydrogen) atoms. The third kappa shape index (κ3) is 4.07. The Kier molecular flexibility index (Phi) is 4.90. The van der Waals surface area contributed by atoms with Gasteiger partial charge in [-0.25, -0.2) is 0 Å². The molecule has 82 valence electrons. The highest BCUT2D eigenvalue weighted by molar-refractivity contribution is 5.68. The summed E-state index contributed by atoms with van der Waals surface area (Å²) in [6.07, 6.45) is 4.34. The number of rotatable bonds is 4. The Morgan fingerprint density at radius 1 is 1.64 bits per heavy atom. The first-order valence-corrected chi connectivity index (χ1v) is 5.16. The smallest absolute Gasteiger partial charge is 0.305 e. The molecule has 0 aromatic rings. The van der Waals surface area contributed by atoms with Gasteiger partial charge in [-0.2, -0.15) is 0 Å². The van der Waals surface area contributed by atoms with Gasteiger partial charge in [-0.3, -0.25) is 4.79 Å². The van der Waals surface area contributed by atoms with E-state index in [0.717, 1.165) is 32.3 Å². The van der Waals surface area contributed by atoms with Crippen molar-refractivity contribution in [3.05, 3.63) is 0 Å². The lowest BCUT2D eigenvalue weighted by atomic mass is 9.93. The van der Waals surface area contributed by atoms with Crippen LogP contribution in [0.2, 0.25) is 0 Å². The average Bonchev–Trinajstić information content (AvgIpc) is 2.17. The van der Waals surface area contributed by atoms with Gasteiger partial charge < -0.3 is 15.2 Å². The van der Waals surface area contributed by atoms with Gasteiger partial charge in [-0.15, -0.1) is 0 Å². The summed E-state index contributed by atoms with van der Waals surface area (Å²) in [6.45, 7) is 0.754. The van der Waals surface area contributed by atoms with Crippen LogP contribution in [0.15, 0.2) is 0 Å². The third-order valence-electron chi connectivity index (χ3n) is 2.64. The SMILES string of the molecule is COC(=O)CCCC1CCOC(N)C1. The maximum atomic E-state index is 10.8. The molecule has 1 rings (SSSR count). The van der Waals surface area contributed by atoms with Crippen LogP contribution in [0.4, 0.5) is 0 Å². The van der Waals surface area contributed by atoms with Crippen LogP contribution in [-0.4, -0.2) is 25.9 Å². The van der Waals surface area contributed by atoms with Crippen molar-refractivity contribution in [3.8, 4) is 0 Å². The molecule has 4 nitrogen and oxygen atoms in total. The molecule has 0 bridgehead atoms. The minimum Gasteiger partial charge on any atom is -0.469 e. The van der Waals surface area contributed by atoms with E-state index in [-0.39, 0.29) is 12.2 Å². The summed E-state index contributed by atoms with van der Waals surface area (Å²) in [5, 5.41) is 0. The second kappa shape index (κ2) is 5.98. The minimum absolute atomic E-state index is 0.105. The Morgan fingerprint density at radius 2 is 2.43 bits per heavy atom. The Balaban J connectivity index is 2.08. The van der Waals surface area contributed by atoms with Crippen LogP contribution >= 0.6 is 0 Å². The predicted molar refractivity (Wildman–Crippen MR) is 52.5 cm³/mol. The zero-order valence-corrected chi connectivity index (χ0v) is 8.70. The van der Waals surface area contributed by atoms with Gasteiger partial charge in [0.25, 0.3) is 0 Å². The van der Waals surface area contributed by atoms with Crippen LogP contribution in [0, 0.1) is 5.92 Å². The van der Waals surface area contributed by atoms with E-state index in [1.54, 1.807) is 0 Å². The first-order valence-electron chi connectivity index (χ1n) is 5.16. The molecule has 1 aliphatic heterocycles. The molecule has 4 heteroatoms. The zero-order valence-electron chi connectivity index (χ0n) is 8.70. The number of ether oxygens (including phenoxy) is 2. The van der Waals surface area contributed by atoms with Crippen molar-refractivity contribution in [2.45, 2.75) is 38.3 Å². The van der Waals surface area contributed by atoms with Gasteiger partial charge in [-0.1, -0.05) is 0 Å². The Labute approximate surface area is 84.7 Å².